The maximum atomic E-state index is 11.4. The molecule has 0 unspecified atom stereocenters. The van der Waals surface area contributed by atoms with E-state index in [2.05, 4.69) is 14.9 Å². The number of rotatable bonds is 4. The number of nitrogens with zero attached hydrogens (tertiary/aromatic N) is 3. The summed E-state index contributed by atoms with van der Waals surface area (Å²) in [5.41, 5.74) is 2.39. The summed E-state index contributed by atoms with van der Waals surface area (Å²) in [7, 11) is -3.14. The van der Waals surface area contributed by atoms with Gasteiger partial charge in [0.25, 0.3) is 0 Å². The van der Waals surface area contributed by atoms with E-state index in [1.54, 1.807) is 0 Å². The second kappa shape index (κ2) is 6.81. The minimum Gasteiger partial charge on any atom is -0.356 e. The van der Waals surface area contributed by atoms with Crippen LogP contribution in [0.1, 0.15) is 61.5 Å². The molecule has 8 heteroatoms. The van der Waals surface area contributed by atoms with Gasteiger partial charge in [-0.25, -0.2) is 23.1 Å². The zero-order chi connectivity index (χ0) is 17.4. The molecule has 3 heterocycles. The van der Waals surface area contributed by atoms with Crippen LogP contribution in [0, 0.1) is 0 Å². The van der Waals surface area contributed by atoms with Crippen LogP contribution >= 0.6 is 0 Å². The first kappa shape index (κ1) is 17.2. The standard InChI is InChI=1S/C17H27N5O2S/c1-25(23,24)21-13-6-8-22(9-7-13)17-14-10-18-11-15(14)19-16(20-17)12-4-2-3-5-12/h12-13,18,21H,2-11H2,1H3. The summed E-state index contributed by atoms with van der Waals surface area (Å²) in [5, 5.41) is 3.40. The van der Waals surface area contributed by atoms with Crippen molar-refractivity contribution in [2.75, 3.05) is 24.2 Å². The van der Waals surface area contributed by atoms with Gasteiger partial charge in [-0.15, -0.1) is 0 Å². The molecule has 1 saturated carbocycles. The van der Waals surface area contributed by atoms with Gasteiger partial charge in [0, 0.05) is 43.7 Å². The average molecular weight is 366 g/mol. The average Bonchev–Trinajstić information content (AvgIpc) is 3.24. The number of anilines is 1. The van der Waals surface area contributed by atoms with E-state index < -0.39 is 10.0 Å². The monoisotopic (exact) mass is 365 g/mol. The van der Waals surface area contributed by atoms with Crippen LogP contribution in [0.15, 0.2) is 0 Å². The Labute approximate surface area is 149 Å². The van der Waals surface area contributed by atoms with Gasteiger partial charge in [0.05, 0.1) is 11.9 Å². The van der Waals surface area contributed by atoms with Gasteiger partial charge in [0.1, 0.15) is 11.6 Å². The Balaban J connectivity index is 1.54. The molecule has 1 aromatic rings. The molecule has 0 aromatic carbocycles. The van der Waals surface area contributed by atoms with Crippen molar-refractivity contribution in [2.24, 2.45) is 0 Å². The van der Waals surface area contributed by atoms with Gasteiger partial charge >= 0.3 is 0 Å². The molecule has 7 nitrogen and oxygen atoms in total. The summed E-state index contributed by atoms with van der Waals surface area (Å²) in [6, 6.07) is 0.0357. The molecule has 0 amide bonds. The summed E-state index contributed by atoms with van der Waals surface area (Å²) >= 11 is 0. The van der Waals surface area contributed by atoms with Crippen molar-refractivity contribution in [1.82, 2.24) is 20.0 Å². The Kier molecular flexibility index (Phi) is 4.68. The van der Waals surface area contributed by atoms with Gasteiger partial charge in [0.2, 0.25) is 10.0 Å². The van der Waals surface area contributed by atoms with Gasteiger partial charge in [-0.3, -0.25) is 0 Å². The second-order valence-corrected chi connectivity index (χ2v) is 9.35. The first-order chi connectivity index (χ1) is 12.0. The first-order valence-electron chi connectivity index (χ1n) is 9.32. The molecule has 1 aromatic heterocycles. The largest absolute Gasteiger partial charge is 0.356 e. The van der Waals surface area contributed by atoms with Crippen molar-refractivity contribution in [3.05, 3.63) is 17.1 Å². The summed E-state index contributed by atoms with van der Waals surface area (Å²) < 4.78 is 25.6. The van der Waals surface area contributed by atoms with E-state index in [1.165, 1.54) is 37.5 Å². The molecule has 1 saturated heterocycles. The van der Waals surface area contributed by atoms with Crippen molar-refractivity contribution < 1.29 is 8.42 Å². The predicted octanol–water partition coefficient (Wildman–Crippen LogP) is 1.26. The van der Waals surface area contributed by atoms with Gasteiger partial charge in [-0.05, 0) is 25.7 Å². The fraction of sp³-hybridized carbons (Fsp3) is 0.765. The molecule has 1 aliphatic carbocycles. The first-order valence-corrected chi connectivity index (χ1v) is 11.2. The molecule has 0 spiro atoms. The molecule has 0 atom stereocenters. The van der Waals surface area contributed by atoms with Gasteiger partial charge in [-0.2, -0.15) is 0 Å². The predicted molar refractivity (Wildman–Crippen MR) is 97.0 cm³/mol. The third-order valence-electron chi connectivity index (χ3n) is 5.58. The van der Waals surface area contributed by atoms with Crippen LogP contribution in [-0.4, -0.2) is 43.8 Å². The van der Waals surface area contributed by atoms with Gasteiger partial charge in [-0.1, -0.05) is 12.8 Å². The number of sulfonamides is 1. The number of aromatic nitrogens is 2. The van der Waals surface area contributed by atoms with Crippen LogP contribution in [-0.2, 0) is 23.1 Å². The number of hydrogen-bond acceptors (Lipinski definition) is 6. The lowest BCUT2D eigenvalue weighted by molar-refractivity contribution is 0.458. The van der Waals surface area contributed by atoms with Gasteiger partial charge in [0.15, 0.2) is 0 Å². The van der Waals surface area contributed by atoms with Crippen LogP contribution in [0.4, 0.5) is 5.82 Å². The highest BCUT2D eigenvalue weighted by molar-refractivity contribution is 7.88. The normalized spacial score (nSPS) is 22.5. The number of nitrogens with one attached hydrogen (secondary N) is 2. The summed E-state index contributed by atoms with van der Waals surface area (Å²) in [6.07, 6.45) is 7.83. The fourth-order valence-corrected chi connectivity index (χ4v) is 5.15. The molecular weight excluding hydrogens is 338 g/mol. The lowest BCUT2D eigenvalue weighted by Gasteiger charge is -2.34. The highest BCUT2D eigenvalue weighted by Gasteiger charge is 2.29. The van der Waals surface area contributed by atoms with Crippen molar-refractivity contribution in [3.8, 4) is 0 Å². The van der Waals surface area contributed by atoms with E-state index in [-0.39, 0.29) is 6.04 Å². The maximum Gasteiger partial charge on any atom is 0.208 e. The Hall–Kier alpha value is -1.25. The summed E-state index contributed by atoms with van der Waals surface area (Å²) in [5.74, 6) is 2.61. The summed E-state index contributed by atoms with van der Waals surface area (Å²) in [6.45, 7) is 3.33. The van der Waals surface area contributed by atoms with Crippen molar-refractivity contribution in [3.63, 3.8) is 0 Å². The molecule has 0 radical (unpaired) electrons. The molecule has 138 valence electrons. The van der Waals surface area contributed by atoms with E-state index >= 15 is 0 Å². The van der Waals surface area contributed by atoms with E-state index in [0.717, 1.165) is 56.4 Å². The van der Waals surface area contributed by atoms with E-state index in [0.29, 0.717) is 5.92 Å². The molecule has 2 aliphatic heterocycles. The molecule has 2 N–H and O–H groups in total. The highest BCUT2D eigenvalue weighted by atomic mass is 32.2. The molecule has 2 fully saturated rings. The third kappa shape index (κ3) is 3.80. The minimum absolute atomic E-state index is 0.0357. The molecule has 3 aliphatic rings. The number of fused-ring (bicyclic) bond motifs is 1. The lowest BCUT2D eigenvalue weighted by atomic mass is 10.0. The Morgan fingerprint density at radius 3 is 2.48 bits per heavy atom. The molecule has 0 bridgehead atoms. The fourth-order valence-electron chi connectivity index (χ4n) is 4.31. The second-order valence-electron chi connectivity index (χ2n) is 7.57. The smallest absolute Gasteiger partial charge is 0.208 e. The van der Waals surface area contributed by atoms with Crippen molar-refractivity contribution >= 4 is 15.8 Å². The van der Waals surface area contributed by atoms with E-state index in [4.69, 9.17) is 9.97 Å². The topological polar surface area (TPSA) is 87.2 Å². The number of piperidine rings is 1. The van der Waals surface area contributed by atoms with Crippen LogP contribution < -0.4 is 14.9 Å². The Morgan fingerprint density at radius 2 is 1.80 bits per heavy atom. The van der Waals surface area contributed by atoms with Crippen molar-refractivity contribution in [2.45, 2.75) is 63.6 Å². The van der Waals surface area contributed by atoms with Crippen LogP contribution in [0.25, 0.3) is 0 Å². The maximum absolute atomic E-state index is 11.4. The van der Waals surface area contributed by atoms with Gasteiger partial charge < -0.3 is 10.2 Å². The van der Waals surface area contributed by atoms with Crippen LogP contribution in [0.2, 0.25) is 0 Å². The molecule has 25 heavy (non-hydrogen) atoms. The third-order valence-corrected chi connectivity index (χ3v) is 6.34. The molecule has 4 rings (SSSR count). The quantitative estimate of drug-likeness (QED) is 0.835. The summed E-state index contributed by atoms with van der Waals surface area (Å²) in [4.78, 5) is 12.2. The SMILES string of the molecule is CS(=O)(=O)NC1CCN(c2nc(C3CCCC3)nc3c2CNC3)CC1. The number of hydrogen-bond donors (Lipinski definition) is 2. The zero-order valence-corrected chi connectivity index (χ0v) is 15.6. The highest BCUT2D eigenvalue weighted by Crippen LogP contribution is 2.35. The van der Waals surface area contributed by atoms with E-state index in [9.17, 15) is 8.42 Å². The molecular formula is C17H27N5O2S. The van der Waals surface area contributed by atoms with Crippen molar-refractivity contribution in [1.29, 1.82) is 0 Å². The lowest BCUT2D eigenvalue weighted by Crippen LogP contribution is -2.45. The van der Waals surface area contributed by atoms with Crippen LogP contribution in [0.5, 0.6) is 0 Å². The minimum atomic E-state index is -3.14. The van der Waals surface area contributed by atoms with E-state index in [1.807, 2.05) is 0 Å². The van der Waals surface area contributed by atoms with Crippen LogP contribution in [0.3, 0.4) is 0 Å². The Morgan fingerprint density at radius 1 is 1.08 bits per heavy atom. The zero-order valence-electron chi connectivity index (χ0n) is 14.8. The Bertz CT molecular complexity index is 738.